The van der Waals surface area contributed by atoms with Crippen molar-refractivity contribution in [1.82, 2.24) is 15.1 Å². The maximum atomic E-state index is 12.7. The van der Waals surface area contributed by atoms with E-state index in [1.165, 1.54) is 4.90 Å². The number of rotatable bonds is 6. The zero-order chi connectivity index (χ0) is 18.5. The van der Waals surface area contributed by atoms with E-state index in [4.69, 9.17) is 11.6 Å². The van der Waals surface area contributed by atoms with Gasteiger partial charge in [0.1, 0.15) is 0 Å². The molecule has 0 aliphatic carbocycles. The Hall–Kier alpha value is -2.63. The molecule has 26 heavy (non-hydrogen) atoms. The highest BCUT2D eigenvalue weighted by Gasteiger charge is 2.20. The molecule has 0 saturated carbocycles. The van der Waals surface area contributed by atoms with E-state index < -0.39 is 0 Å². The topological polar surface area (TPSA) is 51.4 Å². The van der Waals surface area contributed by atoms with Crippen LogP contribution in [0.3, 0.4) is 0 Å². The highest BCUT2D eigenvalue weighted by atomic mass is 35.5. The Morgan fingerprint density at radius 1 is 1.15 bits per heavy atom. The van der Waals surface area contributed by atoms with Crippen molar-refractivity contribution in [2.24, 2.45) is 0 Å². The lowest BCUT2D eigenvalue weighted by Gasteiger charge is -2.11. The van der Waals surface area contributed by atoms with E-state index in [1.807, 2.05) is 54.6 Å². The monoisotopic (exact) mass is 369 g/mol. The number of hydrogen-bond donors (Lipinski definition) is 2. The van der Waals surface area contributed by atoms with Crippen molar-refractivity contribution in [2.75, 3.05) is 27.2 Å². The van der Waals surface area contributed by atoms with E-state index in [1.54, 1.807) is 10.9 Å². The molecule has 1 aromatic heterocycles. The number of benzene rings is 2. The molecule has 2 aromatic carbocycles. The molecule has 0 aliphatic heterocycles. The van der Waals surface area contributed by atoms with Crippen LogP contribution < -0.4 is 10.2 Å². The molecular weight excluding hydrogens is 348 g/mol. The molecule has 0 atom stereocenters. The largest absolute Gasteiger partial charge is 0.346 e. The highest BCUT2D eigenvalue weighted by molar-refractivity contribution is 6.30. The van der Waals surface area contributed by atoms with Crippen LogP contribution in [0.5, 0.6) is 0 Å². The van der Waals surface area contributed by atoms with Crippen LogP contribution in [0.4, 0.5) is 0 Å². The van der Waals surface area contributed by atoms with Crippen LogP contribution in [0, 0.1) is 0 Å². The summed E-state index contributed by atoms with van der Waals surface area (Å²) in [6.07, 6.45) is 1.61. The van der Waals surface area contributed by atoms with Crippen LogP contribution in [0.1, 0.15) is 10.4 Å². The van der Waals surface area contributed by atoms with Gasteiger partial charge in [0.05, 0.1) is 50.3 Å². The first kappa shape index (κ1) is 18.2. The van der Waals surface area contributed by atoms with Gasteiger partial charge in [0.15, 0.2) is 0 Å². The summed E-state index contributed by atoms with van der Waals surface area (Å²) in [6, 6.07) is 17.2. The molecular formula is C20H22ClN4O+. The average molecular weight is 370 g/mol. The van der Waals surface area contributed by atoms with Crippen molar-refractivity contribution in [3.63, 3.8) is 0 Å². The number of nitrogens with zero attached hydrogens (tertiary/aromatic N) is 2. The first-order valence-corrected chi connectivity index (χ1v) is 8.90. The Bertz CT molecular complexity index is 890. The lowest BCUT2D eigenvalue weighted by atomic mass is 10.1. The van der Waals surface area contributed by atoms with Gasteiger partial charge in [-0.25, -0.2) is 4.68 Å². The van der Waals surface area contributed by atoms with Gasteiger partial charge >= 0.3 is 0 Å². The van der Waals surface area contributed by atoms with Gasteiger partial charge in [0.25, 0.3) is 5.91 Å². The van der Waals surface area contributed by atoms with Gasteiger partial charge in [0, 0.05) is 10.6 Å². The standard InChI is InChI=1S/C20H21ClN4O/c1-24(2)12-11-22-20(26)18-14-23-25(17-10-6-9-16(21)13-17)19(18)15-7-4-3-5-8-15/h3-10,13-14H,11-12H2,1-2H3,(H,22,26)/p+1. The second kappa shape index (κ2) is 8.17. The molecule has 3 aromatic rings. The van der Waals surface area contributed by atoms with E-state index in [0.717, 1.165) is 23.5 Å². The minimum atomic E-state index is -0.126. The van der Waals surface area contributed by atoms with Crippen molar-refractivity contribution in [3.8, 4) is 16.9 Å². The van der Waals surface area contributed by atoms with Crippen LogP contribution in [-0.4, -0.2) is 42.9 Å². The summed E-state index contributed by atoms with van der Waals surface area (Å²) >= 11 is 6.14. The number of carbonyl (C=O) groups is 1. The number of aromatic nitrogens is 2. The van der Waals surface area contributed by atoms with Crippen LogP contribution in [0.25, 0.3) is 16.9 Å². The summed E-state index contributed by atoms with van der Waals surface area (Å²) in [5.74, 6) is -0.126. The molecule has 1 amide bonds. The smallest absolute Gasteiger partial charge is 0.255 e. The van der Waals surface area contributed by atoms with Crippen molar-refractivity contribution < 1.29 is 9.69 Å². The van der Waals surface area contributed by atoms with Gasteiger partial charge in [0.2, 0.25) is 0 Å². The Kier molecular flexibility index (Phi) is 5.71. The molecule has 134 valence electrons. The molecule has 5 nitrogen and oxygen atoms in total. The van der Waals surface area contributed by atoms with Gasteiger partial charge in [-0.3, -0.25) is 4.79 Å². The van der Waals surface area contributed by atoms with Crippen LogP contribution in [0.2, 0.25) is 5.02 Å². The molecule has 0 fully saturated rings. The first-order chi connectivity index (χ1) is 12.6. The van der Waals surface area contributed by atoms with E-state index >= 15 is 0 Å². The van der Waals surface area contributed by atoms with Gasteiger partial charge in [-0.2, -0.15) is 5.10 Å². The minimum Gasteiger partial charge on any atom is -0.346 e. The maximum Gasteiger partial charge on any atom is 0.255 e. The Labute approximate surface area is 158 Å². The highest BCUT2D eigenvalue weighted by Crippen LogP contribution is 2.27. The summed E-state index contributed by atoms with van der Waals surface area (Å²) in [5.41, 5.74) is 3.04. The summed E-state index contributed by atoms with van der Waals surface area (Å²) in [4.78, 5) is 14.0. The van der Waals surface area contributed by atoms with Crippen molar-refractivity contribution in [3.05, 3.63) is 71.4 Å². The molecule has 0 spiro atoms. The summed E-state index contributed by atoms with van der Waals surface area (Å²) < 4.78 is 1.76. The molecule has 0 radical (unpaired) electrons. The summed E-state index contributed by atoms with van der Waals surface area (Å²) in [7, 11) is 4.11. The number of nitrogens with one attached hydrogen (secondary N) is 2. The number of likely N-dealkylation sites (N-methyl/N-ethyl adjacent to an activating group) is 1. The number of amides is 1. The third kappa shape index (κ3) is 4.12. The fourth-order valence-corrected chi connectivity index (χ4v) is 2.90. The summed E-state index contributed by atoms with van der Waals surface area (Å²) in [6.45, 7) is 1.46. The molecule has 6 heteroatoms. The van der Waals surface area contributed by atoms with Crippen LogP contribution in [-0.2, 0) is 0 Å². The van der Waals surface area contributed by atoms with E-state index in [2.05, 4.69) is 24.5 Å². The Morgan fingerprint density at radius 2 is 1.92 bits per heavy atom. The zero-order valence-electron chi connectivity index (χ0n) is 14.9. The van der Waals surface area contributed by atoms with Crippen LogP contribution >= 0.6 is 11.6 Å². The van der Waals surface area contributed by atoms with E-state index in [-0.39, 0.29) is 5.91 Å². The lowest BCUT2D eigenvalue weighted by molar-refractivity contribution is -0.856. The fraction of sp³-hybridized carbons (Fsp3) is 0.200. The second-order valence-electron chi connectivity index (χ2n) is 6.38. The SMILES string of the molecule is C[NH+](C)CCNC(=O)c1cnn(-c2cccc(Cl)c2)c1-c1ccccc1. The van der Waals surface area contributed by atoms with Crippen molar-refractivity contribution in [1.29, 1.82) is 0 Å². The van der Waals surface area contributed by atoms with Gasteiger partial charge in [-0.05, 0) is 18.2 Å². The normalized spacial score (nSPS) is 10.9. The van der Waals surface area contributed by atoms with Gasteiger partial charge < -0.3 is 10.2 Å². The second-order valence-corrected chi connectivity index (χ2v) is 6.81. The Balaban J connectivity index is 2.01. The predicted octanol–water partition coefficient (Wildman–Crippen LogP) is 2.07. The summed E-state index contributed by atoms with van der Waals surface area (Å²) in [5, 5.41) is 8.06. The van der Waals surface area contributed by atoms with Gasteiger partial charge in [-0.15, -0.1) is 0 Å². The number of quaternary nitrogens is 1. The third-order valence-electron chi connectivity index (χ3n) is 4.02. The van der Waals surface area contributed by atoms with Crippen molar-refractivity contribution >= 4 is 17.5 Å². The van der Waals surface area contributed by atoms with E-state index in [0.29, 0.717) is 17.1 Å². The zero-order valence-corrected chi connectivity index (χ0v) is 15.6. The molecule has 1 heterocycles. The quantitative estimate of drug-likeness (QED) is 0.699. The molecule has 0 unspecified atom stereocenters. The minimum absolute atomic E-state index is 0.126. The van der Waals surface area contributed by atoms with Crippen molar-refractivity contribution in [2.45, 2.75) is 0 Å². The predicted molar refractivity (Wildman–Crippen MR) is 104 cm³/mol. The first-order valence-electron chi connectivity index (χ1n) is 8.53. The number of halogens is 1. The fourth-order valence-electron chi connectivity index (χ4n) is 2.71. The molecule has 2 N–H and O–H groups in total. The maximum absolute atomic E-state index is 12.7. The van der Waals surface area contributed by atoms with Gasteiger partial charge in [-0.1, -0.05) is 48.0 Å². The number of carbonyl (C=O) groups excluding carboxylic acids is 1. The molecule has 0 bridgehead atoms. The Morgan fingerprint density at radius 3 is 2.62 bits per heavy atom. The lowest BCUT2D eigenvalue weighted by Crippen LogP contribution is -3.06. The molecule has 0 aliphatic rings. The molecule has 0 saturated heterocycles. The molecule has 3 rings (SSSR count). The van der Waals surface area contributed by atoms with E-state index in [9.17, 15) is 4.79 Å². The van der Waals surface area contributed by atoms with Crippen LogP contribution in [0.15, 0.2) is 60.8 Å². The number of hydrogen-bond acceptors (Lipinski definition) is 2. The third-order valence-corrected chi connectivity index (χ3v) is 4.26. The average Bonchev–Trinajstić information content (AvgIpc) is 3.07.